The summed E-state index contributed by atoms with van der Waals surface area (Å²) in [5.41, 5.74) is 5.61. The van der Waals surface area contributed by atoms with Gasteiger partial charge in [-0.2, -0.15) is 0 Å². The Morgan fingerprint density at radius 1 is 1.43 bits per heavy atom. The molecule has 1 amide bonds. The molecule has 7 nitrogen and oxygen atoms in total. The molecule has 0 saturated heterocycles. The number of amides is 1. The van der Waals surface area contributed by atoms with E-state index in [0.29, 0.717) is 11.3 Å². The number of phenols is 1. The van der Waals surface area contributed by atoms with Gasteiger partial charge in [-0.05, 0) is 39.0 Å². The standard InChI is InChI=1S/C14H17N3O4/c1-14(2,3)21-13(19)17-9-6-8(4-5-10(9)18)11-7-16-12(15)20-11/h4-7,18H,1-3H3,(H2,15,16)(H,17,19). The number of phenolic OH excluding ortho intramolecular Hbond substituents is 1. The third-order valence-corrected chi connectivity index (χ3v) is 2.44. The van der Waals surface area contributed by atoms with Crippen molar-refractivity contribution >= 4 is 17.8 Å². The molecule has 0 aliphatic carbocycles. The Morgan fingerprint density at radius 3 is 2.71 bits per heavy atom. The molecule has 1 aromatic heterocycles. The quantitative estimate of drug-likeness (QED) is 0.733. The van der Waals surface area contributed by atoms with Gasteiger partial charge in [-0.25, -0.2) is 9.78 Å². The predicted molar refractivity (Wildman–Crippen MR) is 77.9 cm³/mol. The molecule has 0 fully saturated rings. The van der Waals surface area contributed by atoms with Crippen LogP contribution in [0, 0.1) is 0 Å². The number of nitrogens with two attached hydrogens (primary N) is 1. The number of anilines is 2. The Labute approximate surface area is 121 Å². The van der Waals surface area contributed by atoms with Crippen LogP contribution in [0.25, 0.3) is 11.3 Å². The summed E-state index contributed by atoms with van der Waals surface area (Å²) in [4.78, 5) is 15.5. The van der Waals surface area contributed by atoms with Crippen molar-refractivity contribution in [3.05, 3.63) is 24.4 Å². The lowest BCUT2D eigenvalue weighted by Crippen LogP contribution is -2.27. The van der Waals surface area contributed by atoms with Gasteiger partial charge >= 0.3 is 6.09 Å². The van der Waals surface area contributed by atoms with Crippen molar-refractivity contribution < 1.29 is 19.1 Å². The molecular weight excluding hydrogens is 274 g/mol. The van der Waals surface area contributed by atoms with Crippen LogP contribution >= 0.6 is 0 Å². The van der Waals surface area contributed by atoms with Gasteiger partial charge in [0, 0.05) is 5.56 Å². The molecule has 0 unspecified atom stereocenters. The van der Waals surface area contributed by atoms with Gasteiger partial charge in [0.25, 0.3) is 6.01 Å². The molecule has 0 aliphatic heterocycles. The van der Waals surface area contributed by atoms with E-state index in [1.54, 1.807) is 32.9 Å². The highest BCUT2D eigenvalue weighted by atomic mass is 16.6. The van der Waals surface area contributed by atoms with Crippen LogP contribution in [-0.4, -0.2) is 21.8 Å². The summed E-state index contributed by atoms with van der Waals surface area (Å²) in [6, 6.07) is 4.63. The molecule has 112 valence electrons. The number of carbonyl (C=O) groups excluding carboxylic acids is 1. The number of aromatic nitrogens is 1. The number of aromatic hydroxyl groups is 1. The molecule has 0 bridgehead atoms. The minimum atomic E-state index is -0.660. The van der Waals surface area contributed by atoms with Gasteiger partial charge in [0.1, 0.15) is 11.4 Å². The highest BCUT2D eigenvalue weighted by Gasteiger charge is 2.18. The zero-order valence-electron chi connectivity index (χ0n) is 12.0. The first-order valence-corrected chi connectivity index (χ1v) is 6.29. The Bertz CT molecular complexity index is 658. The van der Waals surface area contributed by atoms with Crippen molar-refractivity contribution in [1.82, 2.24) is 4.98 Å². The fraction of sp³-hybridized carbons (Fsp3) is 0.286. The SMILES string of the molecule is CC(C)(C)OC(=O)Nc1cc(-c2cnc(N)o2)ccc1O. The van der Waals surface area contributed by atoms with Crippen molar-refractivity contribution in [3.8, 4) is 17.1 Å². The molecule has 2 aromatic rings. The fourth-order valence-corrected chi connectivity index (χ4v) is 1.62. The number of nitrogens with zero attached hydrogens (tertiary/aromatic N) is 1. The summed E-state index contributed by atoms with van der Waals surface area (Å²) in [5, 5.41) is 12.3. The van der Waals surface area contributed by atoms with E-state index in [4.69, 9.17) is 14.9 Å². The molecule has 0 radical (unpaired) electrons. The lowest BCUT2D eigenvalue weighted by molar-refractivity contribution is 0.0635. The van der Waals surface area contributed by atoms with Crippen LogP contribution in [0.1, 0.15) is 20.8 Å². The molecule has 21 heavy (non-hydrogen) atoms. The Balaban J connectivity index is 2.22. The number of benzene rings is 1. The van der Waals surface area contributed by atoms with Crippen LogP contribution in [-0.2, 0) is 4.74 Å². The second-order valence-corrected chi connectivity index (χ2v) is 5.42. The van der Waals surface area contributed by atoms with E-state index in [1.807, 2.05) is 0 Å². The van der Waals surface area contributed by atoms with Crippen LogP contribution < -0.4 is 11.1 Å². The highest BCUT2D eigenvalue weighted by Crippen LogP contribution is 2.30. The van der Waals surface area contributed by atoms with Gasteiger partial charge in [0.15, 0.2) is 5.76 Å². The second-order valence-electron chi connectivity index (χ2n) is 5.42. The van der Waals surface area contributed by atoms with Gasteiger partial charge in [0.05, 0.1) is 11.9 Å². The van der Waals surface area contributed by atoms with E-state index in [2.05, 4.69) is 10.3 Å². The maximum Gasteiger partial charge on any atom is 0.412 e. The molecule has 4 N–H and O–H groups in total. The maximum absolute atomic E-state index is 11.7. The zero-order valence-corrected chi connectivity index (χ0v) is 12.0. The molecule has 0 atom stereocenters. The maximum atomic E-state index is 11.7. The third kappa shape index (κ3) is 3.88. The molecule has 1 heterocycles. The summed E-state index contributed by atoms with van der Waals surface area (Å²) < 4.78 is 10.3. The van der Waals surface area contributed by atoms with Crippen LogP contribution in [0.2, 0.25) is 0 Å². The zero-order chi connectivity index (χ0) is 15.6. The number of oxazole rings is 1. The van der Waals surface area contributed by atoms with Crippen LogP contribution in [0.4, 0.5) is 16.5 Å². The van der Waals surface area contributed by atoms with Crippen molar-refractivity contribution in [2.45, 2.75) is 26.4 Å². The predicted octanol–water partition coefficient (Wildman–Crippen LogP) is 2.98. The first-order valence-electron chi connectivity index (χ1n) is 6.29. The lowest BCUT2D eigenvalue weighted by Gasteiger charge is -2.20. The molecule has 0 spiro atoms. The van der Waals surface area contributed by atoms with Gasteiger partial charge in [-0.15, -0.1) is 0 Å². The van der Waals surface area contributed by atoms with E-state index >= 15 is 0 Å². The average molecular weight is 291 g/mol. The summed E-state index contributed by atoms with van der Waals surface area (Å²) in [7, 11) is 0. The van der Waals surface area contributed by atoms with E-state index in [-0.39, 0.29) is 17.5 Å². The number of hydrogen-bond acceptors (Lipinski definition) is 6. The lowest BCUT2D eigenvalue weighted by atomic mass is 10.1. The first kappa shape index (κ1) is 14.7. The smallest absolute Gasteiger partial charge is 0.412 e. The van der Waals surface area contributed by atoms with Crippen LogP contribution in [0.3, 0.4) is 0 Å². The van der Waals surface area contributed by atoms with Crippen LogP contribution in [0.15, 0.2) is 28.8 Å². The van der Waals surface area contributed by atoms with Crippen LogP contribution in [0.5, 0.6) is 5.75 Å². The molecular formula is C14H17N3O4. The molecule has 2 rings (SSSR count). The number of rotatable bonds is 2. The normalized spacial score (nSPS) is 11.2. The van der Waals surface area contributed by atoms with E-state index in [0.717, 1.165) is 0 Å². The minimum absolute atomic E-state index is 0.0414. The molecule has 0 saturated carbocycles. The number of ether oxygens (including phenoxy) is 1. The third-order valence-electron chi connectivity index (χ3n) is 2.44. The monoisotopic (exact) mass is 291 g/mol. The van der Waals surface area contributed by atoms with E-state index < -0.39 is 11.7 Å². The number of nitrogens with one attached hydrogen (secondary N) is 1. The van der Waals surface area contributed by atoms with Gasteiger partial charge in [-0.1, -0.05) is 0 Å². The summed E-state index contributed by atoms with van der Waals surface area (Å²) in [6.45, 7) is 5.25. The van der Waals surface area contributed by atoms with E-state index in [1.165, 1.54) is 12.3 Å². The Hall–Kier alpha value is -2.70. The van der Waals surface area contributed by atoms with Gasteiger partial charge < -0.3 is 20.0 Å². The largest absolute Gasteiger partial charge is 0.506 e. The fourth-order valence-electron chi connectivity index (χ4n) is 1.62. The number of carbonyl (C=O) groups is 1. The number of hydrogen-bond donors (Lipinski definition) is 3. The van der Waals surface area contributed by atoms with Gasteiger partial charge in [-0.3, -0.25) is 5.32 Å². The Kier molecular flexibility index (Phi) is 3.75. The van der Waals surface area contributed by atoms with Crippen molar-refractivity contribution in [2.24, 2.45) is 0 Å². The summed E-state index contributed by atoms with van der Waals surface area (Å²) in [6.07, 6.45) is 0.797. The molecule has 7 heteroatoms. The van der Waals surface area contributed by atoms with Crippen molar-refractivity contribution in [2.75, 3.05) is 11.1 Å². The Morgan fingerprint density at radius 2 is 2.14 bits per heavy atom. The van der Waals surface area contributed by atoms with Gasteiger partial charge in [0.2, 0.25) is 0 Å². The molecule has 0 aliphatic rings. The highest BCUT2D eigenvalue weighted by molar-refractivity contribution is 5.88. The average Bonchev–Trinajstić information content (AvgIpc) is 2.76. The summed E-state index contributed by atoms with van der Waals surface area (Å²) in [5.74, 6) is 0.344. The van der Waals surface area contributed by atoms with Crippen molar-refractivity contribution in [3.63, 3.8) is 0 Å². The second kappa shape index (κ2) is 5.35. The topological polar surface area (TPSA) is 111 Å². The summed E-state index contributed by atoms with van der Waals surface area (Å²) >= 11 is 0. The van der Waals surface area contributed by atoms with Crippen molar-refractivity contribution in [1.29, 1.82) is 0 Å². The first-order chi connectivity index (χ1) is 9.74. The van der Waals surface area contributed by atoms with E-state index in [9.17, 15) is 9.90 Å². The number of nitrogen functional groups attached to an aromatic ring is 1. The minimum Gasteiger partial charge on any atom is -0.506 e. The molecule has 1 aromatic carbocycles.